The van der Waals surface area contributed by atoms with E-state index in [2.05, 4.69) is 0 Å². The fourth-order valence-corrected chi connectivity index (χ4v) is 1.44. The van der Waals surface area contributed by atoms with Crippen LogP contribution in [-0.4, -0.2) is 12.6 Å². The van der Waals surface area contributed by atoms with Crippen LogP contribution in [0.2, 0.25) is 0 Å². The topological polar surface area (TPSA) is 26.3 Å². The number of carbonyl (C=O) groups excluding carboxylic acids is 1. The minimum absolute atomic E-state index is 0.0411. The summed E-state index contributed by atoms with van der Waals surface area (Å²) < 4.78 is 80.7. The van der Waals surface area contributed by atoms with Crippen molar-refractivity contribution < 1.29 is 35.9 Å². The van der Waals surface area contributed by atoms with Gasteiger partial charge in [-0.1, -0.05) is 20.8 Å². The minimum atomic E-state index is -5.00. The molecule has 124 valence electrons. The summed E-state index contributed by atoms with van der Waals surface area (Å²) in [5.41, 5.74) is -4.36. The van der Waals surface area contributed by atoms with Gasteiger partial charge >= 0.3 is 18.3 Å². The highest BCUT2D eigenvalue weighted by Gasteiger charge is 2.37. The SMILES string of the molecule is CC(C)(C)COC(=O)c1cc(C(F)(F)F)cc(C(F)(F)F)c1. The maximum Gasteiger partial charge on any atom is 0.416 e. The molecule has 1 rings (SSSR count). The Kier molecular flexibility index (Phi) is 4.84. The second kappa shape index (κ2) is 5.81. The monoisotopic (exact) mass is 328 g/mol. The molecule has 0 aliphatic rings. The smallest absolute Gasteiger partial charge is 0.416 e. The first-order valence-corrected chi connectivity index (χ1v) is 6.17. The van der Waals surface area contributed by atoms with Crippen LogP contribution in [0.1, 0.15) is 42.3 Å². The summed E-state index contributed by atoms with van der Waals surface area (Å²) in [5, 5.41) is 0. The van der Waals surface area contributed by atoms with Crippen molar-refractivity contribution >= 4 is 5.97 Å². The van der Waals surface area contributed by atoms with Gasteiger partial charge in [-0.3, -0.25) is 0 Å². The van der Waals surface area contributed by atoms with Crippen molar-refractivity contribution in [3.05, 3.63) is 34.9 Å². The number of carbonyl (C=O) groups is 1. The van der Waals surface area contributed by atoms with Gasteiger partial charge in [-0.15, -0.1) is 0 Å². The predicted molar refractivity (Wildman–Crippen MR) is 66.2 cm³/mol. The summed E-state index contributed by atoms with van der Waals surface area (Å²) in [6, 6.07) is 0.654. The second-order valence-electron chi connectivity index (χ2n) is 5.93. The number of esters is 1. The van der Waals surface area contributed by atoms with Gasteiger partial charge in [0.2, 0.25) is 0 Å². The minimum Gasteiger partial charge on any atom is -0.462 e. The lowest BCUT2D eigenvalue weighted by atomic mass is 9.98. The van der Waals surface area contributed by atoms with E-state index in [-0.39, 0.29) is 12.7 Å². The van der Waals surface area contributed by atoms with E-state index < -0.39 is 40.4 Å². The molecule has 0 saturated heterocycles. The molecule has 0 N–H and O–H groups in total. The highest BCUT2D eigenvalue weighted by atomic mass is 19.4. The molecule has 0 fully saturated rings. The number of alkyl halides is 6. The van der Waals surface area contributed by atoms with Gasteiger partial charge < -0.3 is 4.74 Å². The number of ether oxygens (including phenoxy) is 1. The normalized spacial score (nSPS) is 13.1. The molecule has 0 radical (unpaired) electrons. The van der Waals surface area contributed by atoms with Gasteiger partial charge in [0, 0.05) is 0 Å². The van der Waals surface area contributed by atoms with E-state index in [9.17, 15) is 31.1 Å². The molecular formula is C14H14F6O2. The van der Waals surface area contributed by atoms with E-state index in [0.29, 0.717) is 12.1 Å². The van der Waals surface area contributed by atoms with E-state index in [1.54, 1.807) is 20.8 Å². The summed E-state index contributed by atoms with van der Waals surface area (Å²) in [4.78, 5) is 11.7. The molecule has 0 unspecified atom stereocenters. The summed E-state index contributed by atoms with van der Waals surface area (Å²) in [5.74, 6) is -1.23. The van der Waals surface area contributed by atoms with Crippen molar-refractivity contribution in [1.82, 2.24) is 0 Å². The van der Waals surface area contributed by atoms with E-state index in [1.165, 1.54) is 0 Å². The zero-order chi connectivity index (χ0) is 17.3. The van der Waals surface area contributed by atoms with Crippen LogP contribution in [0, 0.1) is 5.41 Å². The quantitative estimate of drug-likeness (QED) is 0.568. The Bertz CT molecular complexity index is 520. The van der Waals surface area contributed by atoms with Crippen molar-refractivity contribution in [3.8, 4) is 0 Å². The van der Waals surface area contributed by atoms with E-state index in [4.69, 9.17) is 4.74 Å². The zero-order valence-electron chi connectivity index (χ0n) is 12.0. The number of hydrogen-bond acceptors (Lipinski definition) is 2. The van der Waals surface area contributed by atoms with Crippen LogP contribution >= 0.6 is 0 Å². The average molecular weight is 328 g/mol. The lowest BCUT2D eigenvalue weighted by Crippen LogP contribution is -2.19. The summed E-state index contributed by atoms with van der Waals surface area (Å²) in [6.07, 6.45) is -10.00. The van der Waals surface area contributed by atoms with Crippen LogP contribution in [0.3, 0.4) is 0 Å². The highest BCUT2D eigenvalue weighted by molar-refractivity contribution is 5.90. The van der Waals surface area contributed by atoms with Crippen molar-refractivity contribution in [2.75, 3.05) is 6.61 Å². The molecule has 0 aromatic heterocycles. The predicted octanol–water partition coefficient (Wildman–Crippen LogP) is 4.93. The number of hydrogen-bond donors (Lipinski definition) is 0. The molecule has 0 bridgehead atoms. The number of halogens is 6. The van der Waals surface area contributed by atoms with Gasteiger partial charge in [-0.2, -0.15) is 26.3 Å². The first kappa shape index (κ1) is 18.3. The summed E-state index contributed by atoms with van der Waals surface area (Å²) in [7, 11) is 0. The van der Waals surface area contributed by atoms with E-state index >= 15 is 0 Å². The Morgan fingerprint density at radius 1 is 0.909 bits per heavy atom. The van der Waals surface area contributed by atoms with Crippen LogP contribution in [0.4, 0.5) is 26.3 Å². The van der Waals surface area contributed by atoms with Gasteiger partial charge in [-0.05, 0) is 23.6 Å². The molecule has 0 aliphatic carbocycles. The highest BCUT2D eigenvalue weighted by Crippen LogP contribution is 2.36. The van der Waals surface area contributed by atoms with Crippen molar-refractivity contribution in [2.45, 2.75) is 33.1 Å². The van der Waals surface area contributed by atoms with Gasteiger partial charge in [0.1, 0.15) is 0 Å². The van der Waals surface area contributed by atoms with Gasteiger partial charge in [0.05, 0.1) is 23.3 Å². The fraction of sp³-hybridized carbons (Fsp3) is 0.500. The Hall–Kier alpha value is -1.73. The Balaban J connectivity index is 3.21. The Morgan fingerprint density at radius 2 is 1.32 bits per heavy atom. The zero-order valence-corrected chi connectivity index (χ0v) is 12.0. The maximum absolute atomic E-state index is 12.7. The number of rotatable bonds is 2. The lowest BCUT2D eigenvalue weighted by molar-refractivity contribution is -0.143. The standard InChI is InChI=1S/C14H14F6O2/c1-12(2,3)7-22-11(21)8-4-9(13(15,16)17)6-10(5-8)14(18,19)20/h4-6H,7H2,1-3H3. The molecule has 0 heterocycles. The van der Waals surface area contributed by atoms with Crippen molar-refractivity contribution in [2.24, 2.45) is 5.41 Å². The Labute approximate surface area is 123 Å². The first-order valence-electron chi connectivity index (χ1n) is 6.17. The largest absolute Gasteiger partial charge is 0.462 e. The van der Waals surface area contributed by atoms with Crippen molar-refractivity contribution in [1.29, 1.82) is 0 Å². The molecule has 8 heteroatoms. The van der Waals surface area contributed by atoms with Crippen molar-refractivity contribution in [3.63, 3.8) is 0 Å². The second-order valence-corrected chi connectivity index (χ2v) is 5.93. The third-order valence-corrected chi connectivity index (χ3v) is 2.46. The third-order valence-electron chi connectivity index (χ3n) is 2.46. The van der Waals surface area contributed by atoms with Crippen LogP contribution in [0.15, 0.2) is 18.2 Å². The summed E-state index contributed by atoms with van der Waals surface area (Å²) in [6.45, 7) is 4.97. The van der Waals surface area contributed by atoms with Crippen LogP contribution in [0.5, 0.6) is 0 Å². The molecule has 0 atom stereocenters. The molecule has 22 heavy (non-hydrogen) atoms. The fourth-order valence-electron chi connectivity index (χ4n) is 1.44. The molecule has 2 nitrogen and oxygen atoms in total. The average Bonchev–Trinajstić information content (AvgIpc) is 2.32. The molecule has 0 aliphatic heterocycles. The molecular weight excluding hydrogens is 314 g/mol. The maximum atomic E-state index is 12.7. The van der Waals surface area contributed by atoms with Gasteiger partial charge in [0.25, 0.3) is 0 Å². The van der Waals surface area contributed by atoms with E-state index in [1.807, 2.05) is 0 Å². The first-order chi connectivity index (χ1) is 9.70. The number of benzene rings is 1. The van der Waals surface area contributed by atoms with Gasteiger partial charge in [0.15, 0.2) is 0 Å². The molecule has 0 amide bonds. The lowest BCUT2D eigenvalue weighted by Gasteiger charge is -2.18. The molecule has 0 saturated carbocycles. The van der Waals surface area contributed by atoms with Crippen LogP contribution in [-0.2, 0) is 17.1 Å². The third kappa shape index (κ3) is 5.23. The summed E-state index contributed by atoms with van der Waals surface area (Å²) >= 11 is 0. The molecule has 1 aromatic carbocycles. The Morgan fingerprint density at radius 3 is 1.64 bits per heavy atom. The van der Waals surface area contributed by atoms with Crippen LogP contribution < -0.4 is 0 Å². The van der Waals surface area contributed by atoms with E-state index in [0.717, 1.165) is 0 Å². The molecule has 1 aromatic rings. The molecule has 0 spiro atoms. The van der Waals surface area contributed by atoms with Gasteiger partial charge in [-0.25, -0.2) is 4.79 Å². The van der Waals surface area contributed by atoms with Crippen LogP contribution in [0.25, 0.3) is 0 Å².